The van der Waals surface area contributed by atoms with Crippen molar-refractivity contribution >= 4 is 40.5 Å². The van der Waals surface area contributed by atoms with E-state index in [2.05, 4.69) is 22.0 Å². The molecule has 12 nitrogen and oxygen atoms in total. The molecule has 6 rings (SSSR count). The number of rotatable bonds is 6. The third kappa shape index (κ3) is 6.31. The Bertz CT molecular complexity index is 1530. The number of amides is 2. The molecule has 3 aromatic rings. The number of alkyl carbamates (subject to hydrolysis) is 1. The summed E-state index contributed by atoms with van der Waals surface area (Å²) in [6.07, 6.45) is 7.84. The second-order valence-electron chi connectivity index (χ2n) is 13.6. The van der Waals surface area contributed by atoms with Crippen molar-refractivity contribution in [1.29, 1.82) is 0 Å². The van der Waals surface area contributed by atoms with Gasteiger partial charge in [0, 0.05) is 44.0 Å². The Hall–Kier alpha value is -3.93. The van der Waals surface area contributed by atoms with Crippen molar-refractivity contribution in [2.75, 3.05) is 42.6 Å². The molecule has 1 atom stereocenters. The predicted octanol–water partition coefficient (Wildman–Crippen LogP) is 4.84. The van der Waals surface area contributed by atoms with Crippen molar-refractivity contribution in [3.63, 3.8) is 0 Å². The van der Waals surface area contributed by atoms with Gasteiger partial charge in [-0.05, 0) is 94.9 Å². The quantitative estimate of drug-likeness (QED) is 0.404. The van der Waals surface area contributed by atoms with Crippen LogP contribution in [0, 0.1) is 5.41 Å². The topological polar surface area (TPSA) is 141 Å². The molecule has 44 heavy (non-hydrogen) atoms. The minimum absolute atomic E-state index is 0.0359. The van der Waals surface area contributed by atoms with Gasteiger partial charge in [0.15, 0.2) is 23.2 Å². The molecular formula is C32H44N8O4. The van der Waals surface area contributed by atoms with Crippen molar-refractivity contribution < 1.29 is 19.1 Å². The number of benzene rings is 1. The maximum Gasteiger partial charge on any atom is 0.407 e. The minimum atomic E-state index is -0.521. The fourth-order valence-electron chi connectivity index (χ4n) is 6.36. The van der Waals surface area contributed by atoms with Crippen LogP contribution < -0.4 is 20.9 Å². The van der Waals surface area contributed by atoms with Crippen LogP contribution in [0.3, 0.4) is 0 Å². The lowest BCUT2D eigenvalue weighted by Crippen LogP contribution is -2.46. The molecule has 2 fully saturated rings. The Morgan fingerprint density at radius 3 is 2.66 bits per heavy atom. The number of carbonyl (C=O) groups is 2. The Labute approximate surface area is 258 Å². The van der Waals surface area contributed by atoms with Gasteiger partial charge < -0.3 is 30.3 Å². The largest absolute Gasteiger partial charge is 0.444 e. The fourth-order valence-corrected chi connectivity index (χ4v) is 6.36. The summed E-state index contributed by atoms with van der Waals surface area (Å²) in [5, 5.41) is 8.06. The monoisotopic (exact) mass is 604 g/mol. The highest BCUT2D eigenvalue weighted by Crippen LogP contribution is 2.39. The van der Waals surface area contributed by atoms with Gasteiger partial charge in [-0.1, -0.05) is 6.92 Å². The molecule has 1 aromatic carbocycles. The van der Waals surface area contributed by atoms with Gasteiger partial charge >= 0.3 is 6.09 Å². The Balaban J connectivity index is 1.26. The molecule has 0 aliphatic carbocycles. The molecular weight excluding hydrogens is 560 g/mol. The van der Waals surface area contributed by atoms with Gasteiger partial charge in [0.25, 0.3) is 0 Å². The van der Waals surface area contributed by atoms with Crippen LogP contribution in [0.4, 0.5) is 22.1 Å². The lowest BCUT2D eigenvalue weighted by molar-refractivity contribution is -0.0368. The maximum atomic E-state index is 12.2. The van der Waals surface area contributed by atoms with E-state index in [1.807, 2.05) is 43.8 Å². The van der Waals surface area contributed by atoms with E-state index in [9.17, 15) is 9.59 Å². The van der Waals surface area contributed by atoms with Crippen molar-refractivity contribution in [3.05, 3.63) is 35.5 Å². The number of nitrogens with one attached hydrogen (secondary N) is 1. The van der Waals surface area contributed by atoms with Gasteiger partial charge in [-0.3, -0.25) is 4.79 Å². The zero-order chi connectivity index (χ0) is 31.1. The first-order valence-electron chi connectivity index (χ1n) is 15.8. The molecule has 0 saturated carbocycles. The number of fused-ring (bicyclic) bond motifs is 2. The van der Waals surface area contributed by atoms with Gasteiger partial charge in [0.1, 0.15) is 11.4 Å². The molecule has 0 bridgehead atoms. The molecule has 3 aliphatic heterocycles. The second kappa shape index (κ2) is 11.9. The third-order valence-corrected chi connectivity index (χ3v) is 8.89. The maximum absolute atomic E-state index is 12.2. The highest BCUT2D eigenvalue weighted by atomic mass is 16.6. The van der Waals surface area contributed by atoms with Crippen LogP contribution in [0.5, 0.6) is 0 Å². The number of hydrogen-bond donors (Lipinski definition) is 2. The highest BCUT2D eigenvalue weighted by Gasteiger charge is 2.33. The van der Waals surface area contributed by atoms with E-state index < -0.39 is 11.5 Å². The average molecular weight is 605 g/mol. The van der Waals surface area contributed by atoms with E-state index in [4.69, 9.17) is 30.3 Å². The summed E-state index contributed by atoms with van der Waals surface area (Å²) in [5.74, 6) is 1.14. The van der Waals surface area contributed by atoms with Crippen LogP contribution in [-0.4, -0.2) is 70.1 Å². The molecule has 1 unspecified atom stereocenters. The second-order valence-corrected chi connectivity index (χ2v) is 13.6. The van der Waals surface area contributed by atoms with Gasteiger partial charge in [-0.15, -0.1) is 5.10 Å². The highest BCUT2D eigenvalue weighted by molar-refractivity contribution is 5.94. The molecule has 236 valence electrons. The summed E-state index contributed by atoms with van der Waals surface area (Å²) in [5.41, 5.74) is 9.06. The predicted molar refractivity (Wildman–Crippen MR) is 168 cm³/mol. The fraction of sp³-hybridized carbons (Fsp3) is 0.594. The zero-order valence-electron chi connectivity index (χ0n) is 26.3. The van der Waals surface area contributed by atoms with Gasteiger partial charge in [0.2, 0.25) is 5.91 Å². The summed E-state index contributed by atoms with van der Waals surface area (Å²) in [6.45, 7) is 11.5. The van der Waals surface area contributed by atoms with E-state index >= 15 is 0 Å². The molecule has 5 heterocycles. The lowest BCUT2D eigenvalue weighted by atomic mass is 9.80. The SMILES string of the molecule is CC1(CNC(=O)OC(C)(C)C)CCN(c2cnc3c(N4CCCc5cc(C(N)=O)ccc54)nn(C4CCCCO4)c3n2)CC1. The number of ether oxygens (including phenoxy) is 2. The number of nitrogens with two attached hydrogens (primary N) is 1. The van der Waals surface area contributed by atoms with E-state index in [-0.39, 0.29) is 17.7 Å². The van der Waals surface area contributed by atoms with E-state index in [1.165, 1.54) is 0 Å². The summed E-state index contributed by atoms with van der Waals surface area (Å²) in [7, 11) is 0. The number of piperidine rings is 1. The van der Waals surface area contributed by atoms with E-state index in [0.29, 0.717) is 24.4 Å². The first-order chi connectivity index (χ1) is 21.0. The molecule has 12 heteroatoms. The third-order valence-electron chi connectivity index (χ3n) is 8.89. The first kappa shape index (κ1) is 30.1. The number of nitrogens with zero attached hydrogens (tertiary/aromatic N) is 6. The van der Waals surface area contributed by atoms with Crippen molar-refractivity contribution in [1.82, 2.24) is 25.1 Å². The zero-order valence-corrected chi connectivity index (χ0v) is 26.3. The van der Waals surface area contributed by atoms with Crippen LogP contribution in [0.1, 0.15) is 88.4 Å². The summed E-state index contributed by atoms with van der Waals surface area (Å²) in [4.78, 5) is 38.6. The van der Waals surface area contributed by atoms with Gasteiger partial charge in [0.05, 0.1) is 6.20 Å². The summed E-state index contributed by atoms with van der Waals surface area (Å²) >= 11 is 0. The molecule has 2 saturated heterocycles. The Kier molecular flexibility index (Phi) is 8.12. The standard InChI is InChI=1S/C32H44N8O4/c1-31(2,3)44-30(42)35-20-32(4)12-15-38(16-13-32)24-19-34-26-28(36-24)40(25-9-5-6-17-43-25)37-29(26)39-14-7-8-21-18-22(27(33)41)10-11-23(21)39/h10-11,18-19,25H,5-9,12-17,20H2,1-4H3,(H2,33,41)(H,35,42). The number of aromatic nitrogens is 4. The number of anilines is 3. The van der Waals surface area contributed by atoms with E-state index in [0.717, 1.165) is 93.0 Å². The van der Waals surface area contributed by atoms with Gasteiger partial charge in [-0.2, -0.15) is 0 Å². The van der Waals surface area contributed by atoms with Crippen LogP contribution in [0.2, 0.25) is 0 Å². The molecule has 0 spiro atoms. The molecule has 2 amide bonds. The number of primary amides is 1. The Morgan fingerprint density at radius 2 is 1.95 bits per heavy atom. The van der Waals surface area contributed by atoms with Crippen LogP contribution in [-0.2, 0) is 15.9 Å². The smallest absolute Gasteiger partial charge is 0.407 e. The van der Waals surface area contributed by atoms with Crippen molar-refractivity contribution in [2.24, 2.45) is 11.1 Å². The van der Waals surface area contributed by atoms with E-state index in [1.54, 1.807) is 6.07 Å². The summed E-state index contributed by atoms with van der Waals surface area (Å²) in [6, 6.07) is 5.63. The number of carbonyl (C=O) groups excluding carboxylic acids is 2. The molecule has 3 aliphatic rings. The minimum Gasteiger partial charge on any atom is -0.444 e. The van der Waals surface area contributed by atoms with Crippen molar-refractivity contribution in [3.8, 4) is 0 Å². The van der Waals surface area contributed by atoms with Crippen LogP contribution in [0.15, 0.2) is 24.4 Å². The van der Waals surface area contributed by atoms with Crippen LogP contribution >= 0.6 is 0 Å². The molecule has 2 aromatic heterocycles. The van der Waals surface area contributed by atoms with Crippen LogP contribution in [0.25, 0.3) is 11.2 Å². The molecule has 3 N–H and O–H groups in total. The normalized spacial score (nSPS) is 20.3. The number of hydrogen-bond acceptors (Lipinski definition) is 9. The Morgan fingerprint density at radius 1 is 1.16 bits per heavy atom. The lowest BCUT2D eigenvalue weighted by Gasteiger charge is -2.40. The van der Waals surface area contributed by atoms with Crippen molar-refractivity contribution in [2.45, 2.75) is 84.5 Å². The summed E-state index contributed by atoms with van der Waals surface area (Å²) < 4.78 is 13.5. The number of aryl methyl sites for hydroxylation is 1. The van der Waals surface area contributed by atoms with Gasteiger partial charge in [-0.25, -0.2) is 19.4 Å². The first-order valence-corrected chi connectivity index (χ1v) is 15.8. The molecule has 0 radical (unpaired) electrons. The average Bonchev–Trinajstić information content (AvgIpc) is 3.38.